The number of ether oxygens (including phenoxy) is 2. The molecule has 0 fully saturated rings. The standard InChI is InChI=1S/C13H11BrN2O4S/c14-13-10(2-1-5-15-13)16-21(17,18)9-3-4-11-12(8-9)20-7-6-19-11/h1-5,8,16H,6-7H2. The van der Waals surface area contributed by atoms with Crippen molar-refractivity contribution in [3.63, 3.8) is 0 Å². The molecule has 0 unspecified atom stereocenters. The minimum Gasteiger partial charge on any atom is -0.486 e. The Morgan fingerprint density at radius 3 is 2.67 bits per heavy atom. The normalized spacial score (nSPS) is 13.8. The van der Waals surface area contributed by atoms with Crippen LogP contribution in [0.15, 0.2) is 46.0 Å². The first kappa shape index (κ1) is 14.2. The van der Waals surface area contributed by atoms with Crippen LogP contribution in [0.4, 0.5) is 5.69 Å². The number of aromatic nitrogens is 1. The van der Waals surface area contributed by atoms with Gasteiger partial charge in [-0.25, -0.2) is 13.4 Å². The van der Waals surface area contributed by atoms with Crippen LogP contribution < -0.4 is 14.2 Å². The number of halogens is 1. The van der Waals surface area contributed by atoms with Crippen LogP contribution in [0.2, 0.25) is 0 Å². The number of fused-ring (bicyclic) bond motifs is 1. The Morgan fingerprint density at radius 2 is 1.90 bits per heavy atom. The molecule has 110 valence electrons. The zero-order chi connectivity index (χ0) is 14.9. The maximum atomic E-state index is 12.4. The summed E-state index contributed by atoms with van der Waals surface area (Å²) in [6.45, 7) is 0.859. The van der Waals surface area contributed by atoms with E-state index < -0.39 is 10.0 Å². The quantitative estimate of drug-likeness (QED) is 0.839. The average Bonchev–Trinajstić information content (AvgIpc) is 2.49. The Hall–Kier alpha value is -1.80. The van der Waals surface area contributed by atoms with Crippen molar-refractivity contribution in [1.82, 2.24) is 4.98 Å². The van der Waals surface area contributed by atoms with Crippen LogP contribution in [-0.4, -0.2) is 26.6 Å². The van der Waals surface area contributed by atoms with Gasteiger partial charge in [0.25, 0.3) is 10.0 Å². The van der Waals surface area contributed by atoms with E-state index in [0.717, 1.165) is 0 Å². The van der Waals surface area contributed by atoms with Gasteiger partial charge in [-0.2, -0.15) is 0 Å². The average molecular weight is 371 g/mol. The second kappa shape index (κ2) is 5.53. The molecular weight excluding hydrogens is 360 g/mol. The highest BCUT2D eigenvalue weighted by molar-refractivity contribution is 9.10. The van der Waals surface area contributed by atoms with Gasteiger partial charge in [0, 0.05) is 12.3 Å². The summed E-state index contributed by atoms with van der Waals surface area (Å²) in [5.74, 6) is 0.970. The molecule has 1 aromatic heterocycles. The second-order valence-electron chi connectivity index (χ2n) is 4.25. The maximum absolute atomic E-state index is 12.4. The van der Waals surface area contributed by atoms with Crippen molar-refractivity contribution in [2.75, 3.05) is 17.9 Å². The fraction of sp³-hybridized carbons (Fsp3) is 0.154. The summed E-state index contributed by atoms with van der Waals surface area (Å²) in [5.41, 5.74) is 0.368. The van der Waals surface area contributed by atoms with E-state index in [1.165, 1.54) is 12.1 Å². The monoisotopic (exact) mass is 370 g/mol. The lowest BCUT2D eigenvalue weighted by Crippen LogP contribution is -2.17. The molecule has 6 nitrogen and oxygen atoms in total. The van der Waals surface area contributed by atoms with Gasteiger partial charge in [-0.3, -0.25) is 4.72 Å². The van der Waals surface area contributed by atoms with Gasteiger partial charge in [0.1, 0.15) is 17.8 Å². The van der Waals surface area contributed by atoms with Crippen LogP contribution in [0.5, 0.6) is 11.5 Å². The van der Waals surface area contributed by atoms with Crippen LogP contribution in [0.1, 0.15) is 0 Å². The number of sulfonamides is 1. The highest BCUT2D eigenvalue weighted by atomic mass is 79.9. The van der Waals surface area contributed by atoms with E-state index in [9.17, 15) is 8.42 Å². The van der Waals surface area contributed by atoms with Gasteiger partial charge in [-0.05, 0) is 40.2 Å². The number of hydrogen-bond donors (Lipinski definition) is 1. The van der Waals surface area contributed by atoms with Crippen LogP contribution in [0.25, 0.3) is 0 Å². The lowest BCUT2D eigenvalue weighted by Gasteiger charge is -2.19. The summed E-state index contributed by atoms with van der Waals surface area (Å²) >= 11 is 3.20. The number of nitrogens with zero attached hydrogens (tertiary/aromatic N) is 1. The third kappa shape index (κ3) is 2.96. The molecule has 2 heterocycles. The van der Waals surface area contributed by atoms with E-state index in [2.05, 4.69) is 25.6 Å². The molecule has 0 bridgehead atoms. The second-order valence-corrected chi connectivity index (χ2v) is 6.69. The molecule has 1 aliphatic heterocycles. The first-order valence-electron chi connectivity index (χ1n) is 6.09. The summed E-state index contributed by atoms with van der Waals surface area (Å²) in [5, 5.41) is 0. The van der Waals surface area contributed by atoms with Gasteiger partial charge in [-0.15, -0.1) is 0 Å². The van der Waals surface area contributed by atoms with Crippen molar-refractivity contribution in [2.45, 2.75) is 4.90 Å². The predicted molar refractivity (Wildman–Crippen MR) is 80.2 cm³/mol. The minimum atomic E-state index is -3.72. The summed E-state index contributed by atoms with van der Waals surface area (Å²) in [6, 6.07) is 7.77. The fourth-order valence-corrected chi connectivity index (χ4v) is 3.42. The Morgan fingerprint density at radius 1 is 1.14 bits per heavy atom. The van der Waals surface area contributed by atoms with E-state index >= 15 is 0 Å². The largest absolute Gasteiger partial charge is 0.486 e. The molecule has 8 heteroatoms. The van der Waals surface area contributed by atoms with Crippen molar-refractivity contribution in [2.24, 2.45) is 0 Å². The smallest absolute Gasteiger partial charge is 0.262 e. The van der Waals surface area contributed by atoms with E-state index in [-0.39, 0.29) is 4.90 Å². The van der Waals surface area contributed by atoms with Crippen molar-refractivity contribution in [3.8, 4) is 11.5 Å². The molecule has 0 amide bonds. The first-order chi connectivity index (χ1) is 10.1. The van der Waals surface area contributed by atoms with E-state index in [0.29, 0.717) is 35.0 Å². The van der Waals surface area contributed by atoms with Gasteiger partial charge in [0.15, 0.2) is 11.5 Å². The summed E-state index contributed by atoms with van der Waals surface area (Å²) in [7, 11) is -3.72. The topological polar surface area (TPSA) is 77.5 Å². The van der Waals surface area contributed by atoms with E-state index in [1.54, 1.807) is 24.4 Å². The fourth-order valence-electron chi connectivity index (χ4n) is 1.86. The Bertz CT molecular complexity index is 779. The summed E-state index contributed by atoms with van der Waals surface area (Å²) in [6.07, 6.45) is 1.56. The molecule has 0 saturated heterocycles. The van der Waals surface area contributed by atoms with Crippen molar-refractivity contribution in [3.05, 3.63) is 41.1 Å². The van der Waals surface area contributed by atoms with Crippen molar-refractivity contribution in [1.29, 1.82) is 0 Å². The summed E-state index contributed by atoms with van der Waals surface area (Å²) < 4.78 is 38.4. The minimum absolute atomic E-state index is 0.0995. The van der Waals surface area contributed by atoms with E-state index in [4.69, 9.17) is 9.47 Å². The van der Waals surface area contributed by atoms with Crippen LogP contribution >= 0.6 is 15.9 Å². The summed E-state index contributed by atoms with van der Waals surface area (Å²) in [4.78, 5) is 4.07. The van der Waals surface area contributed by atoms with Crippen molar-refractivity contribution >= 4 is 31.6 Å². The number of pyridine rings is 1. The van der Waals surface area contributed by atoms with Gasteiger partial charge in [0.05, 0.1) is 10.6 Å². The molecule has 0 atom stereocenters. The molecule has 1 aliphatic rings. The number of nitrogens with one attached hydrogen (secondary N) is 1. The zero-order valence-electron chi connectivity index (χ0n) is 10.7. The Kier molecular flexibility index (Phi) is 3.73. The maximum Gasteiger partial charge on any atom is 0.262 e. The Labute approximate surface area is 130 Å². The highest BCUT2D eigenvalue weighted by Crippen LogP contribution is 2.33. The first-order valence-corrected chi connectivity index (χ1v) is 8.37. The predicted octanol–water partition coefficient (Wildman–Crippen LogP) is 2.42. The van der Waals surface area contributed by atoms with Crippen LogP contribution in [0, 0.1) is 0 Å². The zero-order valence-corrected chi connectivity index (χ0v) is 13.1. The Balaban J connectivity index is 1.93. The van der Waals surface area contributed by atoms with E-state index in [1.807, 2.05) is 0 Å². The highest BCUT2D eigenvalue weighted by Gasteiger charge is 2.20. The van der Waals surface area contributed by atoms with Gasteiger partial charge in [0.2, 0.25) is 0 Å². The molecule has 0 spiro atoms. The van der Waals surface area contributed by atoms with Crippen LogP contribution in [0.3, 0.4) is 0 Å². The molecule has 0 radical (unpaired) electrons. The lowest BCUT2D eigenvalue weighted by atomic mass is 10.3. The van der Waals surface area contributed by atoms with Gasteiger partial charge >= 0.3 is 0 Å². The van der Waals surface area contributed by atoms with Crippen LogP contribution in [-0.2, 0) is 10.0 Å². The molecular formula is C13H11BrN2O4S. The number of benzene rings is 1. The van der Waals surface area contributed by atoms with Gasteiger partial charge in [-0.1, -0.05) is 0 Å². The molecule has 3 rings (SSSR count). The number of hydrogen-bond acceptors (Lipinski definition) is 5. The third-order valence-electron chi connectivity index (χ3n) is 2.83. The molecule has 1 N–H and O–H groups in total. The van der Waals surface area contributed by atoms with Crippen molar-refractivity contribution < 1.29 is 17.9 Å². The SMILES string of the molecule is O=S(=O)(Nc1cccnc1Br)c1ccc2c(c1)OCCO2. The molecule has 0 saturated carbocycles. The van der Waals surface area contributed by atoms with Gasteiger partial charge < -0.3 is 9.47 Å². The molecule has 21 heavy (non-hydrogen) atoms. The molecule has 0 aliphatic carbocycles. The number of anilines is 1. The molecule has 2 aromatic rings. The third-order valence-corrected chi connectivity index (χ3v) is 4.82. The number of rotatable bonds is 3. The molecule has 1 aromatic carbocycles. The lowest BCUT2D eigenvalue weighted by molar-refractivity contribution is 0.171.